The summed E-state index contributed by atoms with van der Waals surface area (Å²) in [5.41, 5.74) is 3.13. The van der Waals surface area contributed by atoms with Gasteiger partial charge in [0.2, 0.25) is 0 Å². The number of aryl methyl sites for hydroxylation is 2. The fourth-order valence-electron chi connectivity index (χ4n) is 1.60. The van der Waals surface area contributed by atoms with Crippen molar-refractivity contribution in [1.82, 2.24) is 10.2 Å². The number of hydrogen-bond acceptors (Lipinski definition) is 3. The first-order valence-corrected chi connectivity index (χ1v) is 4.85. The van der Waals surface area contributed by atoms with E-state index in [1.165, 1.54) is 12.0 Å². The zero-order valence-electron chi connectivity index (χ0n) is 7.95. The lowest BCUT2D eigenvalue weighted by atomic mass is 10.2. The van der Waals surface area contributed by atoms with Crippen LogP contribution in [0.15, 0.2) is 6.07 Å². The van der Waals surface area contributed by atoms with Crippen LogP contribution in [0, 0.1) is 11.8 Å². The Hall–Kier alpha value is -1.40. The maximum Gasteiger partial charge on any atom is 0.136 e. The molecule has 0 saturated heterocycles. The van der Waals surface area contributed by atoms with E-state index in [1.807, 2.05) is 6.07 Å². The molecule has 1 aromatic rings. The highest BCUT2D eigenvalue weighted by atomic mass is 16.2. The second-order valence-corrected chi connectivity index (χ2v) is 3.33. The number of aliphatic hydroxyl groups is 1. The van der Waals surface area contributed by atoms with Gasteiger partial charge in [-0.05, 0) is 36.8 Å². The van der Waals surface area contributed by atoms with Gasteiger partial charge in [0.15, 0.2) is 0 Å². The quantitative estimate of drug-likeness (QED) is 0.660. The van der Waals surface area contributed by atoms with Gasteiger partial charge >= 0.3 is 0 Å². The number of aromatic nitrogens is 2. The van der Waals surface area contributed by atoms with Crippen molar-refractivity contribution in [1.29, 1.82) is 0 Å². The zero-order valence-corrected chi connectivity index (χ0v) is 7.95. The Kier molecular flexibility index (Phi) is 2.76. The number of aliphatic hydroxyl groups excluding tert-OH is 1. The van der Waals surface area contributed by atoms with Gasteiger partial charge in [-0.25, -0.2) is 0 Å². The third kappa shape index (κ3) is 1.91. The average molecular weight is 188 g/mol. The molecule has 3 nitrogen and oxygen atoms in total. The van der Waals surface area contributed by atoms with Gasteiger partial charge < -0.3 is 5.11 Å². The van der Waals surface area contributed by atoms with E-state index in [2.05, 4.69) is 22.0 Å². The summed E-state index contributed by atoms with van der Waals surface area (Å²) in [5, 5.41) is 16.7. The lowest BCUT2D eigenvalue weighted by molar-refractivity contribution is 0.305. The third-order valence-corrected chi connectivity index (χ3v) is 2.27. The first-order valence-electron chi connectivity index (χ1n) is 4.85. The Bertz CT molecular complexity index is 390. The van der Waals surface area contributed by atoms with Crippen LogP contribution in [0.1, 0.15) is 29.8 Å². The molecule has 3 heteroatoms. The summed E-state index contributed by atoms with van der Waals surface area (Å²) in [6, 6.07) is 2.01. The molecule has 1 heterocycles. The minimum Gasteiger partial charge on any atom is -0.395 e. The first-order chi connectivity index (χ1) is 6.90. The fraction of sp³-hybridized carbons (Fsp3) is 0.455. The monoisotopic (exact) mass is 188 g/mol. The Morgan fingerprint density at radius 2 is 2.29 bits per heavy atom. The fourth-order valence-corrected chi connectivity index (χ4v) is 1.60. The molecule has 1 aliphatic rings. The summed E-state index contributed by atoms with van der Waals surface area (Å²) in [5.74, 6) is 5.73. The van der Waals surface area contributed by atoms with Crippen molar-refractivity contribution in [2.75, 3.05) is 6.61 Å². The molecular weight excluding hydrogens is 176 g/mol. The van der Waals surface area contributed by atoms with E-state index in [0.717, 1.165) is 24.2 Å². The summed E-state index contributed by atoms with van der Waals surface area (Å²) in [7, 11) is 0. The van der Waals surface area contributed by atoms with Crippen molar-refractivity contribution in [2.24, 2.45) is 0 Å². The Morgan fingerprint density at radius 3 is 3.14 bits per heavy atom. The molecule has 0 atom stereocenters. The molecule has 0 aliphatic heterocycles. The van der Waals surface area contributed by atoms with Crippen LogP contribution >= 0.6 is 0 Å². The highest BCUT2D eigenvalue weighted by Gasteiger charge is 2.12. The second kappa shape index (κ2) is 4.21. The summed E-state index contributed by atoms with van der Waals surface area (Å²) < 4.78 is 0. The van der Waals surface area contributed by atoms with E-state index in [-0.39, 0.29) is 6.61 Å². The largest absolute Gasteiger partial charge is 0.395 e. The van der Waals surface area contributed by atoms with E-state index in [1.54, 1.807) is 0 Å². The Balaban J connectivity index is 2.18. The summed E-state index contributed by atoms with van der Waals surface area (Å²) in [4.78, 5) is 0. The predicted molar refractivity (Wildman–Crippen MR) is 52.6 cm³/mol. The molecule has 0 bridgehead atoms. The van der Waals surface area contributed by atoms with Gasteiger partial charge in [0.25, 0.3) is 0 Å². The molecule has 0 amide bonds. The summed E-state index contributed by atoms with van der Waals surface area (Å²) in [6.07, 6.45) is 3.82. The first kappa shape index (κ1) is 9.17. The number of fused-ring (bicyclic) bond motifs is 1. The molecule has 0 aromatic carbocycles. The minimum absolute atomic E-state index is 0.103. The van der Waals surface area contributed by atoms with E-state index >= 15 is 0 Å². The average Bonchev–Trinajstić information content (AvgIpc) is 2.65. The highest BCUT2D eigenvalue weighted by molar-refractivity contribution is 5.33. The van der Waals surface area contributed by atoms with Gasteiger partial charge in [0.1, 0.15) is 5.69 Å². The highest BCUT2D eigenvalue weighted by Crippen LogP contribution is 2.18. The van der Waals surface area contributed by atoms with Crippen LogP contribution in [-0.2, 0) is 12.8 Å². The SMILES string of the molecule is OCCC#Cc1cc2c(nn1)CCC2. The Labute approximate surface area is 83.2 Å². The molecular formula is C11H12N2O. The van der Waals surface area contributed by atoms with Crippen molar-refractivity contribution in [3.63, 3.8) is 0 Å². The van der Waals surface area contributed by atoms with Crippen molar-refractivity contribution < 1.29 is 5.11 Å². The standard InChI is InChI=1S/C11H12N2O/c14-7-2-1-5-10-8-9-4-3-6-11(9)13-12-10/h8,14H,2-4,6-7H2. The lowest BCUT2D eigenvalue weighted by Gasteiger charge is -1.95. The molecule has 14 heavy (non-hydrogen) atoms. The number of hydrogen-bond donors (Lipinski definition) is 1. The maximum absolute atomic E-state index is 8.56. The number of nitrogens with zero attached hydrogens (tertiary/aromatic N) is 2. The van der Waals surface area contributed by atoms with E-state index in [4.69, 9.17) is 5.11 Å². The predicted octanol–water partition coefficient (Wildman–Crippen LogP) is 0.699. The van der Waals surface area contributed by atoms with Gasteiger partial charge in [-0.1, -0.05) is 5.92 Å². The van der Waals surface area contributed by atoms with E-state index in [0.29, 0.717) is 6.42 Å². The van der Waals surface area contributed by atoms with E-state index < -0.39 is 0 Å². The van der Waals surface area contributed by atoms with Gasteiger partial charge in [-0.2, -0.15) is 5.10 Å². The van der Waals surface area contributed by atoms with Gasteiger partial charge in [0, 0.05) is 6.42 Å². The van der Waals surface area contributed by atoms with Crippen LogP contribution in [-0.4, -0.2) is 21.9 Å². The molecule has 0 radical (unpaired) electrons. The van der Waals surface area contributed by atoms with Crippen LogP contribution < -0.4 is 0 Å². The smallest absolute Gasteiger partial charge is 0.136 e. The molecule has 1 aliphatic carbocycles. The molecule has 72 valence electrons. The van der Waals surface area contributed by atoms with Crippen LogP contribution in [0.2, 0.25) is 0 Å². The second-order valence-electron chi connectivity index (χ2n) is 3.33. The molecule has 0 saturated carbocycles. The molecule has 0 fully saturated rings. The lowest BCUT2D eigenvalue weighted by Crippen LogP contribution is -1.94. The molecule has 0 spiro atoms. The normalized spacial score (nSPS) is 13.2. The van der Waals surface area contributed by atoms with Crippen LogP contribution in [0.25, 0.3) is 0 Å². The van der Waals surface area contributed by atoms with Crippen LogP contribution in [0.3, 0.4) is 0 Å². The van der Waals surface area contributed by atoms with E-state index in [9.17, 15) is 0 Å². The van der Waals surface area contributed by atoms with Crippen molar-refractivity contribution >= 4 is 0 Å². The van der Waals surface area contributed by atoms with Crippen LogP contribution in [0.5, 0.6) is 0 Å². The van der Waals surface area contributed by atoms with Crippen molar-refractivity contribution in [2.45, 2.75) is 25.7 Å². The zero-order chi connectivity index (χ0) is 9.80. The summed E-state index contributed by atoms with van der Waals surface area (Å²) >= 11 is 0. The van der Waals surface area contributed by atoms with Gasteiger partial charge in [0.05, 0.1) is 12.3 Å². The van der Waals surface area contributed by atoms with Crippen LogP contribution in [0.4, 0.5) is 0 Å². The molecule has 1 aromatic heterocycles. The third-order valence-electron chi connectivity index (χ3n) is 2.27. The van der Waals surface area contributed by atoms with Crippen molar-refractivity contribution in [3.8, 4) is 11.8 Å². The van der Waals surface area contributed by atoms with Crippen molar-refractivity contribution in [3.05, 3.63) is 23.0 Å². The minimum atomic E-state index is 0.103. The number of rotatable bonds is 1. The topological polar surface area (TPSA) is 46.0 Å². The molecule has 2 rings (SSSR count). The van der Waals surface area contributed by atoms with Gasteiger partial charge in [-0.15, -0.1) is 5.10 Å². The maximum atomic E-state index is 8.56. The summed E-state index contributed by atoms with van der Waals surface area (Å²) in [6.45, 7) is 0.103. The Morgan fingerprint density at radius 1 is 1.36 bits per heavy atom. The molecule has 1 N–H and O–H groups in total. The van der Waals surface area contributed by atoms with Gasteiger partial charge in [-0.3, -0.25) is 0 Å². The molecule has 0 unspecified atom stereocenters.